The second-order valence-corrected chi connectivity index (χ2v) is 8.61. The number of urea groups is 1. The minimum Gasteiger partial charge on any atom is -0.333 e. The Morgan fingerprint density at radius 3 is 2.33 bits per heavy atom. The summed E-state index contributed by atoms with van der Waals surface area (Å²) in [4.78, 5) is 17.9. The van der Waals surface area contributed by atoms with Crippen molar-refractivity contribution in [2.45, 2.75) is 39.7 Å². The summed E-state index contributed by atoms with van der Waals surface area (Å²) >= 11 is 1.61. The molecule has 0 saturated carbocycles. The van der Waals surface area contributed by atoms with Crippen molar-refractivity contribution < 1.29 is 4.79 Å². The number of thiazole rings is 1. The van der Waals surface area contributed by atoms with Gasteiger partial charge in [-0.1, -0.05) is 63.2 Å². The lowest BCUT2D eigenvalue weighted by Crippen LogP contribution is -2.28. The molecule has 0 spiro atoms. The van der Waals surface area contributed by atoms with Crippen LogP contribution < -0.4 is 10.6 Å². The predicted molar refractivity (Wildman–Crippen MR) is 113 cm³/mol. The molecule has 1 aromatic heterocycles. The van der Waals surface area contributed by atoms with Crippen LogP contribution in [0.3, 0.4) is 0 Å². The van der Waals surface area contributed by atoms with Crippen LogP contribution in [0.4, 0.5) is 10.5 Å². The highest BCUT2D eigenvalue weighted by Crippen LogP contribution is 2.27. The summed E-state index contributed by atoms with van der Waals surface area (Å²) in [6.07, 6.45) is 0. The van der Waals surface area contributed by atoms with Crippen LogP contribution in [0.2, 0.25) is 0 Å². The second kappa shape index (κ2) is 7.92. The van der Waals surface area contributed by atoms with E-state index in [4.69, 9.17) is 0 Å². The van der Waals surface area contributed by atoms with Crippen molar-refractivity contribution in [3.05, 3.63) is 70.7 Å². The zero-order valence-corrected chi connectivity index (χ0v) is 17.0. The third kappa shape index (κ3) is 4.95. The highest BCUT2D eigenvalue weighted by Gasteiger charge is 2.14. The Balaban J connectivity index is 1.59. The molecule has 0 bridgehead atoms. The largest absolute Gasteiger partial charge is 0.333 e. The van der Waals surface area contributed by atoms with Gasteiger partial charge in [0.1, 0.15) is 5.01 Å². The lowest BCUT2D eigenvalue weighted by atomic mass is 9.87. The molecule has 0 aliphatic rings. The van der Waals surface area contributed by atoms with Gasteiger partial charge in [-0.3, -0.25) is 0 Å². The van der Waals surface area contributed by atoms with Crippen LogP contribution in [0.15, 0.2) is 54.6 Å². The highest BCUT2D eigenvalue weighted by atomic mass is 32.1. The summed E-state index contributed by atoms with van der Waals surface area (Å²) in [6.45, 7) is 8.95. The van der Waals surface area contributed by atoms with Gasteiger partial charge in [-0.25, -0.2) is 9.78 Å². The molecule has 3 aromatic rings. The van der Waals surface area contributed by atoms with E-state index in [1.54, 1.807) is 11.3 Å². The molecular weight excluding hydrogens is 354 g/mol. The molecule has 140 valence electrons. The zero-order chi connectivity index (χ0) is 19.4. The molecule has 0 unspecified atom stereocenters. The lowest BCUT2D eigenvalue weighted by Gasteiger charge is -2.19. The molecular formula is C22H25N3OS. The maximum absolute atomic E-state index is 12.2. The molecule has 27 heavy (non-hydrogen) atoms. The number of benzene rings is 2. The van der Waals surface area contributed by atoms with Crippen molar-refractivity contribution in [2.75, 3.05) is 5.32 Å². The molecule has 3 rings (SSSR count). The van der Waals surface area contributed by atoms with Gasteiger partial charge in [-0.15, -0.1) is 11.3 Å². The molecule has 2 amide bonds. The molecule has 0 radical (unpaired) electrons. The summed E-state index contributed by atoms with van der Waals surface area (Å²) in [5.41, 5.74) is 4.17. The van der Waals surface area contributed by atoms with Gasteiger partial charge >= 0.3 is 6.03 Å². The Hall–Kier alpha value is -2.66. The molecule has 2 aromatic carbocycles. The van der Waals surface area contributed by atoms with Gasteiger partial charge in [0.15, 0.2) is 0 Å². The predicted octanol–water partition coefficient (Wildman–Crippen LogP) is 5.74. The molecule has 0 fully saturated rings. The van der Waals surface area contributed by atoms with Crippen molar-refractivity contribution in [3.63, 3.8) is 0 Å². The summed E-state index contributed by atoms with van der Waals surface area (Å²) < 4.78 is 0. The number of nitrogens with one attached hydrogen (secondary N) is 2. The fraction of sp³-hybridized carbons (Fsp3) is 0.273. The van der Waals surface area contributed by atoms with E-state index in [1.807, 2.05) is 49.4 Å². The minimum absolute atomic E-state index is 0.0982. The van der Waals surface area contributed by atoms with Gasteiger partial charge in [0.25, 0.3) is 0 Å². The summed E-state index contributed by atoms with van der Waals surface area (Å²) in [6, 6.07) is 17.8. The first-order valence-electron chi connectivity index (χ1n) is 9.00. The molecule has 0 saturated heterocycles. The number of carbonyl (C=O) groups excluding carboxylic acids is 1. The normalized spacial score (nSPS) is 11.3. The van der Waals surface area contributed by atoms with Crippen molar-refractivity contribution in [2.24, 2.45) is 0 Å². The number of aryl methyl sites for hydroxylation is 1. The van der Waals surface area contributed by atoms with Gasteiger partial charge in [-0.2, -0.15) is 0 Å². The SMILES string of the molecule is Cc1nc(-c2ccccc2)sc1CNC(=O)Nc1ccc(C(C)(C)C)cc1. The fourth-order valence-electron chi connectivity index (χ4n) is 2.69. The topological polar surface area (TPSA) is 54.0 Å². The van der Waals surface area contributed by atoms with Crippen molar-refractivity contribution in [1.29, 1.82) is 0 Å². The van der Waals surface area contributed by atoms with Gasteiger partial charge in [-0.05, 0) is 30.0 Å². The quantitative estimate of drug-likeness (QED) is 0.607. The van der Waals surface area contributed by atoms with E-state index in [2.05, 4.69) is 48.5 Å². The van der Waals surface area contributed by atoms with Gasteiger partial charge in [0, 0.05) is 16.1 Å². The van der Waals surface area contributed by atoms with E-state index in [9.17, 15) is 4.79 Å². The number of nitrogens with zero attached hydrogens (tertiary/aromatic N) is 1. The Kier molecular flexibility index (Phi) is 5.61. The first-order chi connectivity index (χ1) is 12.8. The number of carbonyl (C=O) groups is 1. The Morgan fingerprint density at radius 2 is 1.70 bits per heavy atom. The molecule has 5 heteroatoms. The third-order valence-corrected chi connectivity index (χ3v) is 5.54. The Bertz CT molecular complexity index is 909. The number of rotatable bonds is 4. The second-order valence-electron chi connectivity index (χ2n) is 7.53. The molecule has 1 heterocycles. The molecule has 0 atom stereocenters. The van der Waals surface area contributed by atoms with Gasteiger partial charge in [0.2, 0.25) is 0 Å². The number of aromatic nitrogens is 1. The summed E-state index contributed by atoms with van der Waals surface area (Å²) in [5.74, 6) is 0. The average Bonchev–Trinajstić information content (AvgIpc) is 3.01. The standard InChI is InChI=1S/C22H25N3OS/c1-15-19(27-20(24-15)16-8-6-5-7-9-16)14-23-21(26)25-18-12-10-17(11-13-18)22(2,3)4/h5-13H,14H2,1-4H3,(H2,23,25,26). The average molecular weight is 380 g/mol. The summed E-state index contributed by atoms with van der Waals surface area (Å²) in [5, 5.41) is 6.78. The molecule has 0 aliphatic heterocycles. The van der Waals surface area contributed by atoms with Gasteiger partial charge in [0.05, 0.1) is 12.2 Å². The van der Waals surface area contributed by atoms with Crippen LogP contribution in [0.1, 0.15) is 36.9 Å². The monoisotopic (exact) mass is 379 g/mol. The number of amides is 2. The van der Waals surface area contributed by atoms with E-state index in [0.717, 1.165) is 26.8 Å². The minimum atomic E-state index is -0.215. The molecule has 4 nitrogen and oxygen atoms in total. The number of hydrogen-bond acceptors (Lipinski definition) is 3. The number of anilines is 1. The summed E-state index contributed by atoms with van der Waals surface area (Å²) in [7, 11) is 0. The van der Waals surface area contributed by atoms with Crippen LogP contribution in [0.25, 0.3) is 10.6 Å². The van der Waals surface area contributed by atoms with Crippen LogP contribution in [-0.2, 0) is 12.0 Å². The first-order valence-corrected chi connectivity index (χ1v) is 9.82. The van der Waals surface area contributed by atoms with Crippen LogP contribution in [0, 0.1) is 6.92 Å². The van der Waals surface area contributed by atoms with Crippen molar-refractivity contribution in [3.8, 4) is 10.6 Å². The lowest BCUT2D eigenvalue weighted by molar-refractivity contribution is 0.252. The van der Waals surface area contributed by atoms with Crippen molar-refractivity contribution in [1.82, 2.24) is 10.3 Å². The Morgan fingerprint density at radius 1 is 1.04 bits per heavy atom. The number of hydrogen-bond donors (Lipinski definition) is 2. The van der Waals surface area contributed by atoms with Crippen LogP contribution in [0.5, 0.6) is 0 Å². The Labute approximate surface area is 164 Å². The van der Waals surface area contributed by atoms with Crippen LogP contribution in [-0.4, -0.2) is 11.0 Å². The van der Waals surface area contributed by atoms with Crippen LogP contribution >= 0.6 is 11.3 Å². The maximum Gasteiger partial charge on any atom is 0.319 e. The van der Waals surface area contributed by atoms with E-state index in [0.29, 0.717) is 6.54 Å². The third-order valence-electron chi connectivity index (χ3n) is 4.33. The zero-order valence-electron chi connectivity index (χ0n) is 16.2. The van der Waals surface area contributed by atoms with E-state index < -0.39 is 0 Å². The fourth-order valence-corrected chi connectivity index (χ4v) is 3.69. The highest BCUT2D eigenvalue weighted by molar-refractivity contribution is 7.15. The van der Waals surface area contributed by atoms with E-state index in [-0.39, 0.29) is 11.4 Å². The molecule has 0 aliphatic carbocycles. The molecule has 2 N–H and O–H groups in total. The smallest absolute Gasteiger partial charge is 0.319 e. The van der Waals surface area contributed by atoms with E-state index in [1.165, 1.54) is 5.56 Å². The maximum atomic E-state index is 12.2. The first kappa shape index (κ1) is 19.1. The van der Waals surface area contributed by atoms with Gasteiger partial charge < -0.3 is 10.6 Å². The van der Waals surface area contributed by atoms with E-state index >= 15 is 0 Å². The van der Waals surface area contributed by atoms with Crippen molar-refractivity contribution >= 4 is 23.1 Å².